The van der Waals surface area contributed by atoms with E-state index in [1.165, 1.54) is 31.9 Å². The first-order chi connectivity index (χ1) is 8.74. The van der Waals surface area contributed by atoms with Crippen molar-refractivity contribution in [1.29, 1.82) is 0 Å². The van der Waals surface area contributed by atoms with E-state index in [0.717, 1.165) is 29.9 Å². The molecule has 0 amide bonds. The molecule has 3 rings (SSSR count). The summed E-state index contributed by atoms with van der Waals surface area (Å²) in [5, 5.41) is 3.56. The van der Waals surface area contributed by atoms with E-state index in [-0.39, 0.29) is 11.9 Å². The van der Waals surface area contributed by atoms with Crippen LogP contribution in [0.5, 0.6) is 0 Å². The van der Waals surface area contributed by atoms with E-state index in [0.29, 0.717) is 0 Å². The van der Waals surface area contributed by atoms with Gasteiger partial charge in [-0.05, 0) is 68.5 Å². The van der Waals surface area contributed by atoms with Crippen molar-refractivity contribution in [1.82, 2.24) is 10.3 Å². The van der Waals surface area contributed by atoms with Crippen LogP contribution >= 0.6 is 0 Å². The fraction of sp³-hybridized carbons (Fsp3) is 0.667. The Labute approximate surface area is 108 Å². The first-order valence-corrected chi connectivity index (χ1v) is 7.08. The van der Waals surface area contributed by atoms with Crippen molar-refractivity contribution in [2.45, 2.75) is 38.6 Å². The quantitative estimate of drug-likeness (QED) is 0.835. The molecule has 2 aliphatic rings. The Morgan fingerprint density at radius 3 is 2.50 bits per heavy atom. The van der Waals surface area contributed by atoms with Crippen LogP contribution in [0.3, 0.4) is 0 Å². The van der Waals surface area contributed by atoms with Gasteiger partial charge in [0, 0.05) is 12.2 Å². The molecule has 1 atom stereocenters. The molecule has 2 aliphatic carbocycles. The van der Waals surface area contributed by atoms with Gasteiger partial charge in [-0.15, -0.1) is 0 Å². The maximum Gasteiger partial charge on any atom is 0.141 e. The third-order valence-electron chi connectivity index (χ3n) is 4.34. The molecule has 0 aromatic carbocycles. The molecule has 1 N–H and O–H groups in total. The van der Waals surface area contributed by atoms with Gasteiger partial charge in [0.05, 0.1) is 6.20 Å². The predicted octanol–water partition coefficient (Wildman–Crippen LogP) is 3.31. The summed E-state index contributed by atoms with van der Waals surface area (Å²) in [5.41, 5.74) is 0.945. The van der Waals surface area contributed by atoms with Gasteiger partial charge in [-0.25, -0.2) is 4.39 Å². The van der Waals surface area contributed by atoms with Crippen LogP contribution in [-0.2, 0) is 0 Å². The highest BCUT2D eigenvalue weighted by Crippen LogP contribution is 2.48. The second kappa shape index (κ2) is 4.96. The molecule has 1 unspecified atom stereocenters. The van der Waals surface area contributed by atoms with Crippen LogP contribution in [-0.4, -0.2) is 11.5 Å². The standard InChI is InChI=1S/C15H21FN2/c1-10(13-6-14(16)8-17-7-13)18-9-15(11-2-3-11)12-4-5-12/h6-8,10-12,15,18H,2-5,9H2,1H3. The summed E-state index contributed by atoms with van der Waals surface area (Å²) in [5.74, 6) is 2.53. The minimum Gasteiger partial charge on any atom is -0.310 e. The number of pyridine rings is 1. The Kier molecular flexibility index (Phi) is 3.33. The van der Waals surface area contributed by atoms with E-state index >= 15 is 0 Å². The molecule has 0 aliphatic heterocycles. The van der Waals surface area contributed by atoms with Crippen LogP contribution in [0, 0.1) is 23.6 Å². The summed E-state index contributed by atoms with van der Waals surface area (Å²) in [7, 11) is 0. The number of hydrogen-bond acceptors (Lipinski definition) is 2. The van der Waals surface area contributed by atoms with Gasteiger partial charge >= 0.3 is 0 Å². The molecule has 98 valence electrons. The molecule has 2 nitrogen and oxygen atoms in total. The van der Waals surface area contributed by atoms with E-state index in [1.54, 1.807) is 12.3 Å². The zero-order valence-corrected chi connectivity index (χ0v) is 10.9. The monoisotopic (exact) mass is 248 g/mol. The molecule has 2 saturated carbocycles. The molecular weight excluding hydrogens is 227 g/mol. The molecule has 0 bridgehead atoms. The number of nitrogens with one attached hydrogen (secondary N) is 1. The smallest absolute Gasteiger partial charge is 0.141 e. The van der Waals surface area contributed by atoms with E-state index < -0.39 is 0 Å². The van der Waals surface area contributed by atoms with Gasteiger partial charge in [-0.2, -0.15) is 0 Å². The lowest BCUT2D eigenvalue weighted by Crippen LogP contribution is -2.28. The molecule has 3 heteroatoms. The number of rotatable bonds is 6. The van der Waals surface area contributed by atoms with Crippen molar-refractivity contribution >= 4 is 0 Å². The average molecular weight is 248 g/mol. The second-order valence-corrected chi connectivity index (χ2v) is 5.91. The van der Waals surface area contributed by atoms with Gasteiger partial charge in [0.15, 0.2) is 0 Å². The van der Waals surface area contributed by atoms with E-state index in [4.69, 9.17) is 0 Å². The summed E-state index contributed by atoms with van der Waals surface area (Å²) in [4.78, 5) is 3.91. The van der Waals surface area contributed by atoms with Crippen molar-refractivity contribution < 1.29 is 4.39 Å². The highest BCUT2D eigenvalue weighted by molar-refractivity contribution is 5.14. The SMILES string of the molecule is CC(NCC(C1CC1)C1CC1)c1cncc(F)c1. The maximum absolute atomic E-state index is 13.1. The fourth-order valence-corrected chi connectivity index (χ4v) is 2.86. The Morgan fingerprint density at radius 1 is 1.28 bits per heavy atom. The summed E-state index contributed by atoms with van der Waals surface area (Å²) >= 11 is 0. The van der Waals surface area contributed by atoms with E-state index in [1.807, 2.05) is 0 Å². The molecule has 18 heavy (non-hydrogen) atoms. The Bertz CT molecular complexity index is 401. The third kappa shape index (κ3) is 2.89. The summed E-state index contributed by atoms with van der Waals surface area (Å²) in [6, 6.07) is 1.77. The zero-order valence-electron chi connectivity index (χ0n) is 10.9. The predicted molar refractivity (Wildman–Crippen MR) is 69.6 cm³/mol. The highest BCUT2D eigenvalue weighted by atomic mass is 19.1. The zero-order chi connectivity index (χ0) is 12.5. The molecule has 1 heterocycles. The third-order valence-corrected chi connectivity index (χ3v) is 4.34. The van der Waals surface area contributed by atoms with Gasteiger partial charge in [0.25, 0.3) is 0 Å². The number of nitrogens with zero attached hydrogens (tertiary/aromatic N) is 1. The van der Waals surface area contributed by atoms with Crippen molar-refractivity contribution in [2.24, 2.45) is 17.8 Å². The topological polar surface area (TPSA) is 24.9 Å². The van der Waals surface area contributed by atoms with Gasteiger partial charge in [-0.1, -0.05) is 0 Å². The van der Waals surface area contributed by atoms with Crippen LogP contribution in [0.2, 0.25) is 0 Å². The Balaban J connectivity index is 1.55. The van der Waals surface area contributed by atoms with Crippen LogP contribution in [0.15, 0.2) is 18.5 Å². The molecule has 0 spiro atoms. The van der Waals surface area contributed by atoms with Crippen LogP contribution in [0.4, 0.5) is 4.39 Å². The van der Waals surface area contributed by atoms with E-state index in [9.17, 15) is 4.39 Å². The number of aromatic nitrogens is 1. The Morgan fingerprint density at radius 2 is 1.94 bits per heavy atom. The van der Waals surface area contributed by atoms with Gasteiger partial charge < -0.3 is 5.32 Å². The van der Waals surface area contributed by atoms with Crippen molar-refractivity contribution in [2.75, 3.05) is 6.54 Å². The van der Waals surface area contributed by atoms with Crippen molar-refractivity contribution in [3.63, 3.8) is 0 Å². The van der Waals surface area contributed by atoms with Crippen LogP contribution in [0.25, 0.3) is 0 Å². The largest absolute Gasteiger partial charge is 0.310 e. The molecule has 1 aromatic heterocycles. The highest BCUT2D eigenvalue weighted by Gasteiger charge is 2.41. The second-order valence-electron chi connectivity index (χ2n) is 5.91. The van der Waals surface area contributed by atoms with Gasteiger partial charge in [0.1, 0.15) is 5.82 Å². The molecule has 2 fully saturated rings. The summed E-state index contributed by atoms with van der Waals surface area (Å²) in [6.45, 7) is 3.17. The number of hydrogen-bond donors (Lipinski definition) is 1. The van der Waals surface area contributed by atoms with E-state index in [2.05, 4.69) is 17.2 Å². The average Bonchev–Trinajstić information content (AvgIpc) is 3.23. The molecule has 0 saturated heterocycles. The normalized spacial score (nSPS) is 21.3. The number of halogens is 1. The van der Waals surface area contributed by atoms with Gasteiger partial charge in [0.2, 0.25) is 0 Å². The minimum absolute atomic E-state index is 0.188. The first-order valence-electron chi connectivity index (χ1n) is 7.08. The summed E-state index contributed by atoms with van der Waals surface area (Å²) < 4.78 is 13.1. The molecule has 1 aromatic rings. The molecule has 0 radical (unpaired) electrons. The first kappa shape index (κ1) is 12.1. The van der Waals surface area contributed by atoms with Crippen LogP contribution in [0.1, 0.15) is 44.2 Å². The lowest BCUT2D eigenvalue weighted by Gasteiger charge is -2.20. The fourth-order valence-electron chi connectivity index (χ4n) is 2.86. The summed E-state index contributed by atoms with van der Waals surface area (Å²) in [6.07, 6.45) is 8.67. The van der Waals surface area contributed by atoms with Crippen LogP contribution < -0.4 is 5.32 Å². The minimum atomic E-state index is -0.248. The maximum atomic E-state index is 13.1. The lowest BCUT2D eigenvalue weighted by atomic mass is 9.97. The Hall–Kier alpha value is -0.960. The van der Waals surface area contributed by atoms with Crippen molar-refractivity contribution in [3.05, 3.63) is 29.8 Å². The lowest BCUT2D eigenvalue weighted by molar-refractivity contribution is 0.361. The van der Waals surface area contributed by atoms with Crippen molar-refractivity contribution in [3.8, 4) is 0 Å². The van der Waals surface area contributed by atoms with Gasteiger partial charge in [-0.3, -0.25) is 4.98 Å². The molecular formula is C15H21FN2.